The zero-order chi connectivity index (χ0) is 14.8. The molecule has 1 heterocycles. The molecule has 0 amide bonds. The lowest BCUT2D eigenvalue weighted by atomic mass is 10.1. The van der Waals surface area contributed by atoms with Crippen LogP contribution in [0.3, 0.4) is 0 Å². The van der Waals surface area contributed by atoms with E-state index in [1.807, 2.05) is 24.3 Å². The van der Waals surface area contributed by atoms with Gasteiger partial charge in [0.05, 0.1) is 23.8 Å². The summed E-state index contributed by atoms with van der Waals surface area (Å²) in [5.41, 5.74) is 8.43. The molecule has 0 aliphatic carbocycles. The molecular weight excluding hydrogens is 269 g/mol. The lowest BCUT2D eigenvalue weighted by Gasteiger charge is -2.12. The topological polar surface area (TPSA) is 60.9 Å². The average Bonchev–Trinajstić information content (AvgIpc) is 2.50. The van der Waals surface area contributed by atoms with Crippen molar-refractivity contribution >= 4 is 11.0 Å². The summed E-state index contributed by atoms with van der Waals surface area (Å²) in [4.78, 5) is 16.2. The third kappa shape index (κ3) is 2.55. The molecule has 0 bridgehead atoms. The van der Waals surface area contributed by atoms with Gasteiger partial charge in [0.25, 0.3) is 5.56 Å². The lowest BCUT2D eigenvalue weighted by Crippen LogP contribution is -2.22. The van der Waals surface area contributed by atoms with E-state index < -0.39 is 0 Å². The van der Waals surface area contributed by atoms with Gasteiger partial charge in [0.15, 0.2) is 0 Å². The van der Waals surface area contributed by atoms with Gasteiger partial charge in [-0.05, 0) is 35.4 Å². The molecule has 2 N–H and O–H groups in total. The quantitative estimate of drug-likeness (QED) is 0.800. The summed E-state index contributed by atoms with van der Waals surface area (Å²) in [6.45, 7) is 0.569. The van der Waals surface area contributed by atoms with E-state index in [-0.39, 0.29) is 17.9 Å². The molecule has 0 aliphatic heterocycles. The van der Waals surface area contributed by atoms with Crippen LogP contribution in [0.15, 0.2) is 53.5 Å². The van der Waals surface area contributed by atoms with Gasteiger partial charge in [0, 0.05) is 6.54 Å². The van der Waals surface area contributed by atoms with Crippen LogP contribution in [0, 0.1) is 5.82 Å². The Labute approximate surface area is 120 Å². The Morgan fingerprint density at radius 2 is 1.95 bits per heavy atom. The highest BCUT2D eigenvalue weighted by atomic mass is 19.1. The zero-order valence-corrected chi connectivity index (χ0v) is 11.3. The average molecular weight is 283 g/mol. The number of halogens is 1. The van der Waals surface area contributed by atoms with Crippen molar-refractivity contribution in [3.05, 3.63) is 76.0 Å². The van der Waals surface area contributed by atoms with E-state index in [2.05, 4.69) is 4.98 Å². The maximum absolute atomic E-state index is 13.5. The number of hydrogen-bond acceptors (Lipinski definition) is 3. The lowest BCUT2D eigenvalue weighted by molar-refractivity contribution is 0.621. The largest absolute Gasteiger partial charge is 0.326 e. The van der Waals surface area contributed by atoms with Gasteiger partial charge in [-0.15, -0.1) is 0 Å². The molecule has 0 radical (unpaired) electrons. The molecule has 0 saturated carbocycles. The van der Waals surface area contributed by atoms with E-state index in [0.717, 1.165) is 16.6 Å². The first-order valence-electron chi connectivity index (χ1n) is 6.61. The van der Waals surface area contributed by atoms with E-state index in [4.69, 9.17) is 5.73 Å². The summed E-state index contributed by atoms with van der Waals surface area (Å²) >= 11 is 0. The Bertz CT molecular complexity index is 858. The molecule has 21 heavy (non-hydrogen) atoms. The van der Waals surface area contributed by atoms with Crippen molar-refractivity contribution in [1.29, 1.82) is 0 Å². The molecular formula is C16H14FN3O. The summed E-state index contributed by atoms with van der Waals surface area (Å²) in [5, 5.41) is 0. The highest BCUT2D eigenvalue weighted by Gasteiger charge is 2.08. The van der Waals surface area contributed by atoms with Crippen LogP contribution in [0.4, 0.5) is 4.39 Å². The second kappa shape index (κ2) is 5.46. The van der Waals surface area contributed by atoms with Crippen molar-refractivity contribution in [1.82, 2.24) is 9.55 Å². The molecule has 106 valence electrons. The maximum atomic E-state index is 13.5. The molecule has 0 aliphatic rings. The minimum atomic E-state index is -0.339. The number of fused-ring (bicyclic) bond motifs is 1. The zero-order valence-electron chi connectivity index (χ0n) is 11.3. The van der Waals surface area contributed by atoms with Crippen LogP contribution >= 0.6 is 0 Å². The Morgan fingerprint density at radius 3 is 2.76 bits per heavy atom. The van der Waals surface area contributed by atoms with E-state index in [9.17, 15) is 9.18 Å². The molecule has 3 rings (SSSR count). The number of nitrogens with two attached hydrogens (primary N) is 1. The molecule has 0 unspecified atom stereocenters. The SMILES string of the molecule is NCc1ccc(F)cc1Cn1c(=O)cnc2ccccc21. The summed E-state index contributed by atoms with van der Waals surface area (Å²) in [6.07, 6.45) is 1.28. The van der Waals surface area contributed by atoms with Crippen LogP contribution < -0.4 is 11.3 Å². The van der Waals surface area contributed by atoms with Crippen LogP contribution in [0.1, 0.15) is 11.1 Å². The van der Waals surface area contributed by atoms with Gasteiger partial charge < -0.3 is 10.3 Å². The van der Waals surface area contributed by atoms with Crippen LogP contribution in [0.25, 0.3) is 11.0 Å². The second-order valence-corrected chi connectivity index (χ2v) is 4.79. The Kier molecular flexibility index (Phi) is 3.50. The van der Waals surface area contributed by atoms with Crippen molar-refractivity contribution in [3.8, 4) is 0 Å². The minimum Gasteiger partial charge on any atom is -0.326 e. The summed E-state index contributed by atoms with van der Waals surface area (Å²) in [6, 6.07) is 11.8. The number of para-hydroxylation sites is 2. The summed E-state index contributed by atoms with van der Waals surface area (Å²) in [7, 11) is 0. The summed E-state index contributed by atoms with van der Waals surface area (Å²) in [5.74, 6) is -0.339. The number of nitrogens with zero attached hydrogens (tertiary/aromatic N) is 2. The maximum Gasteiger partial charge on any atom is 0.269 e. The normalized spacial score (nSPS) is 11.0. The van der Waals surface area contributed by atoms with Gasteiger partial charge in [0.1, 0.15) is 5.82 Å². The number of hydrogen-bond donors (Lipinski definition) is 1. The fourth-order valence-corrected chi connectivity index (χ4v) is 2.39. The predicted molar refractivity (Wildman–Crippen MR) is 79.4 cm³/mol. The molecule has 0 atom stereocenters. The summed E-state index contributed by atoms with van der Waals surface area (Å²) < 4.78 is 15.0. The first kappa shape index (κ1) is 13.5. The number of rotatable bonds is 3. The van der Waals surface area contributed by atoms with Crippen molar-refractivity contribution in [2.24, 2.45) is 5.73 Å². The highest BCUT2D eigenvalue weighted by molar-refractivity contribution is 5.74. The van der Waals surface area contributed by atoms with Crippen molar-refractivity contribution < 1.29 is 4.39 Å². The van der Waals surface area contributed by atoms with Crippen molar-refractivity contribution in [2.45, 2.75) is 13.1 Å². The monoisotopic (exact) mass is 283 g/mol. The molecule has 0 spiro atoms. The van der Waals surface area contributed by atoms with Gasteiger partial charge in [-0.25, -0.2) is 9.37 Å². The van der Waals surface area contributed by atoms with Gasteiger partial charge in [-0.3, -0.25) is 4.79 Å². The van der Waals surface area contributed by atoms with Crippen LogP contribution in [-0.4, -0.2) is 9.55 Å². The number of benzene rings is 2. The van der Waals surface area contributed by atoms with Gasteiger partial charge >= 0.3 is 0 Å². The van der Waals surface area contributed by atoms with E-state index in [1.165, 1.54) is 18.3 Å². The predicted octanol–water partition coefficient (Wildman–Crippen LogP) is 2.04. The molecule has 5 heteroatoms. The van der Waals surface area contributed by atoms with Crippen LogP contribution in [-0.2, 0) is 13.1 Å². The smallest absolute Gasteiger partial charge is 0.269 e. The van der Waals surface area contributed by atoms with Crippen LogP contribution in [0.5, 0.6) is 0 Å². The fourth-order valence-electron chi connectivity index (χ4n) is 2.39. The van der Waals surface area contributed by atoms with Gasteiger partial charge in [-0.2, -0.15) is 0 Å². The molecule has 1 aromatic heterocycles. The number of aromatic nitrogens is 2. The molecule has 2 aromatic carbocycles. The highest BCUT2D eigenvalue weighted by Crippen LogP contribution is 2.15. The minimum absolute atomic E-state index is 0.221. The fraction of sp³-hybridized carbons (Fsp3) is 0.125. The van der Waals surface area contributed by atoms with Crippen LogP contribution in [0.2, 0.25) is 0 Å². The van der Waals surface area contributed by atoms with Crippen molar-refractivity contribution in [3.63, 3.8) is 0 Å². The molecule has 3 aromatic rings. The van der Waals surface area contributed by atoms with E-state index in [1.54, 1.807) is 10.6 Å². The standard InChI is InChI=1S/C16H14FN3O/c17-13-6-5-11(8-18)12(7-13)10-20-15-4-2-1-3-14(15)19-9-16(20)21/h1-7,9H,8,10,18H2. The molecule has 0 saturated heterocycles. The third-order valence-electron chi connectivity index (χ3n) is 3.47. The Hall–Kier alpha value is -2.53. The van der Waals surface area contributed by atoms with Gasteiger partial charge in [-0.1, -0.05) is 18.2 Å². The Balaban J connectivity index is 2.16. The first-order chi connectivity index (χ1) is 10.2. The van der Waals surface area contributed by atoms with E-state index in [0.29, 0.717) is 12.1 Å². The van der Waals surface area contributed by atoms with E-state index >= 15 is 0 Å². The molecule has 4 nitrogen and oxygen atoms in total. The van der Waals surface area contributed by atoms with Crippen molar-refractivity contribution in [2.75, 3.05) is 0 Å². The third-order valence-corrected chi connectivity index (χ3v) is 3.47. The molecule has 0 fully saturated rings. The first-order valence-corrected chi connectivity index (χ1v) is 6.61. The van der Waals surface area contributed by atoms with Gasteiger partial charge in [0.2, 0.25) is 0 Å². The second-order valence-electron chi connectivity index (χ2n) is 4.79. The Morgan fingerprint density at radius 1 is 1.14 bits per heavy atom.